The minimum atomic E-state index is -4.50. The van der Waals surface area contributed by atoms with Crippen LogP contribution in [0.3, 0.4) is 0 Å². The van der Waals surface area contributed by atoms with Crippen molar-refractivity contribution in [1.29, 1.82) is 0 Å². The maximum absolute atomic E-state index is 14.4. The number of fused-ring (bicyclic) bond motifs is 1. The van der Waals surface area contributed by atoms with Gasteiger partial charge < -0.3 is 45.1 Å². The van der Waals surface area contributed by atoms with E-state index >= 15 is 0 Å². The van der Waals surface area contributed by atoms with Crippen molar-refractivity contribution >= 4 is 35.0 Å². The van der Waals surface area contributed by atoms with E-state index in [2.05, 4.69) is 16.0 Å². The number of urea groups is 2. The molecule has 0 aliphatic carbocycles. The first-order valence-electron chi connectivity index (χ1n) is 17.4. The van der Waals surface area contributed by atoms with Crippen molar-refractivity contribution in [2.24, 2.45) is 5.92 Å². The number of hydrogen-bond donors (Lipinski definition) is 4. The number of anilines is 3. The van der Waals surface area contributed by atoms with Crippen LogP contribution in [0.5, 0.6) is 11.5 Å². The number of ether oxygens (including phenoxy) is 3. The fourth-order valence-corrected chi connectivity index (χ4v) is 5.74. The second-order valence-corrected chi connectivity index (χ2v) is 13.2. The number of alkyl halides is 3. The number of methoxy groups -OCH3 is 1. The third-order valence-corrected chi connectivity index (χ3v) is 8.92. The second kappa shape index (κ2) is 18.6. The van der Waals surface area contributed by atoms with E-state index in [9.17, 15) is 32.7 Å². The van der Waals surface area contributed by atoms with Crippen LogP contribution in [0.4, 0.5) is 39.8 Å². The Hall–Kier alpha value is -5.02. The van der Waals surface area contributed by atoms with Crippen molar-refractivity contribution in [1.82, 2.24) is 9.80 Å². The molecule has 0 spiro atoms. The van der Waals surface area contributed by atoms with Gasteiger partial charge in [0, 0.05) is 49.7 Å². The number of halogens is 3. The fraction of sp³-hybridized carbons (Fsp3) is 0.447. The molecule has 4 rings (SSSR count). The predicted octanol–water partition coefficient (Wildman–Crippen LogP) is 7.32. The molecule has 1 aliphatic rings. The predicted molar refractivity (Wildman–Crippen MR) is 196 cm³/mol. The average molecular weight is 744 g/mol. The van der Waals surface area contributed by atoms with Gasteiger partial charge in [0.15, 0.2) is 0 Å². The molecule has 0 unspecified atom stereocenters. The first kappa shape index (κ1) is 40.7. The Morgan fingerprint density at radius 3 is 2.25 bits per heavy atom. The minimum Gasteiger partial charge on any atom is -0.497 e. The molecule has 3 aromatic rings. The molecule has 0 radical (unpaired) electrons. The largest absolute Gasteiger partial charge is 0.497 e. The van der Waals surface area contributed by atoms with Gasteiger partial charge in [-0.25, -0.2) is 9.59 Å². The highest BCUT2D eigenvalue weighted by molar-refractivity contribution is 6.02. The molecule has 4 N–H and O–H groups in total. The van der Waals surface area contributed by atoms with Gasteiger partial charge in [0.05, 0.1) is 43.1 Å². The van der Waals surface area contributed by atoms with E-state index in [-0.39, 0.29) is 43.0 Å². The van der Waals surface area contributed by atoms with Gasteiger partial charge in [-0.05, 0) is 99.8 Å². The molecule has 0 saturated heterocycles. The van der Waals surface area contributed by atoms with E-state index in [0.29, 0.717) is 42.3 Å². The van der Waals surface area contributed by atoms with E-state index in [0.717, 1.165) is 18.6 Å². The van der Waals surface area contributed by atoms with Crippen LogP contribution in [0.25, 0.3) is 0 Å². The number of nitrogens with zero attached hydrogens (tertiary/aromatic N) is 2. The number of aliphatic hydroxyl groups is 1. The minimum absolute atomic E-state index is 0.108. The summed E-state index contributed by atoms with van der Waals surface area (Å²) in [6.07, 6.45) is -3.19. The summed E-state index contributed by atoms with van der Waals surface area (Å²) >= 11 is 0. The van der Waals surface area contributed by atoms with Crippen LogP contribution in [0.2, 0.25) is 0 Å². The molecule has 288 valence electrons. The van der Waals surface area contributed by atoms with E-state index in [4.69, 9.17) is 14.2 Å². The monoisotopic (exact) mass is 743 g/mol. The van der Waals surface area contributed by atoms with Crippen molar-refractivity contribution < 1.29 is 46.9 Å². The average Bonchev–Trinajstić information content (AvgIpc) is 3.12. The summed E-state index contributed by atoms with van der Waals surface area (Å²) in [7, 11) is 3.10. The molecule has 0 aromatic heterocycles. The van der Waals surface area contributed by atoms with Gasteiger partial charge in [-0.2, -0.15) is 13.2 Å². The highest BCUT2D eigenvalue weighted by Crippen LogP contribution is 2.31. The van der Waals surface area contributed by atoms with E-state index in [1.165, 1.54) is 21.9 Å². The summed E-state index contributed by atoms with van der Waals surface area (Å²) in [5.74, 6) is 0.176. The Bertz CT molecular complexity index is 1670. The fourth-order valence-electron chi connectivity index (χ4n) is 5.74. The first-order valence-corrected chi connectivity index (χ1v) is 17.4. The third-order valence-electron chi connectivity index (χ3n) is 8.92. The second-order valence-electron chi connectivity index (χ2n) is 13.2. The summed E-state index contributed by atoms with van der Waals surface area (Å²) in [6, 6.07) is 14.1. The third kappa shape index (κ3) is 11.7. The zero-order chi connectivity index (χ0) is 38.7. The first-order chi connectivity index (χ1) is 25.2. The van der Waals surface area contributed by atoms with E-state index < -0.39 is 41.9 Å². The van der Waals surface area contributed by atoms with Gasteiger partial charge in [0.1, 0.15) is 11.5 Å². The number of carbonyl (C=O) groups is 3. The molecular formula is C38H48F3N5O7. The van der Waals surface area contributed by atoms with Crippen molar-refractivity contribution in [3.63, 3.8) is 0 Å². The zero-order valence-corrected chi connectivity index (χ0v) is 30.5. The van der Waals surface area contributed by atoms with Crippen molar-refractivity contribution in [3.8, 4) is 11.5 Å². The van der Waals surface area contributed by atoms with Crippen molar-refractivity contribution in [2.45, 2.75) is 64.5 Å². The molecule has 1 heterocycles. The zero-order valence-electron chi connectivity index (χ0n) is 30.5. The molecule has 3 aromatic carbocycles. The number of hydrogen-bond acceptors (Lipinski definition) is 7. The normalized spacial score (nSPS) is 19.2. The number of rotatable bonds is 8. The SMILES string of the molecule is COc1ccc(NC(=O)Nc2ccc3c(c2)C(=O)N([C@@H](C)CO)C[C@@H](C)[C@H](CN(C)C(=O)Nc2ccc(C(F)(F)F)cc2)OCCCC[C@H](C)O3)cc1. The Balaban J connectivity index is 1.54. The highest BCUT2D eigenvalue weighted by Gasteiger charge is 2.32. The van der Waals surface area contributed by atoms with Crippen LogP contribution in [-0.2, 0) is 10.9 Å². The molecule has 0 saturated carbocycles. The topological polar surface area (TPSA) is 142 Å². The van der Waals surface area contributed by atoms with Crippen LogP contribution in [0.15, 0.2) is 66.7 Å². The van der Waals surface area contributed by atoms with Crippen molar-refractivity contribution in [3.05, 3.63) is 77.9 Å². The molecule has 15 heteroatoms. The lowest BCUT2D eigenvalue weighted by Crippen LogP contribution is -2.48. The lowest BCUT2D eigenvalue weighted by molar-refractivity contribution is -0.137. The van der Waals surface area contributed by atoms with Gasteiger partial charge in [-0.1, -0.05) is 6.92 Å². The maximum Gasteiger partial charge on any atom is 0.416 e. The number of likely N-dealkylation sites (N-methyl/N-ethyl adjacent to an activating group) is 1. The summed E-state index contributed by atoms with van der Waals surface area (Å²) in [4.78, 5) is 43.3. The standard InChI is InChI=1S/C38H48F3N5O7/c1-24-21-46(25(2)23-47)35(48)32-20-30(43-36(49)42-28-13-16-31(51-5)17-14-28)15-18-33(32)53-26(3)8-6-7-19-52-34(24)22-45(4)37(50)44-29-11-9-27(10-12-29)38(39,40)41/h9-18,20,24-26,34,47H,6-8,19,21-23H2,1-5H3,(H,44,50)(H2,42,43,49)/t24-,25+,26+,34+/m1/s1. The Labute approximate surface area is 307 Å². The number of benzene rings is 3. The molecule has 53 heavy (non-hydrogen) atoms. The summed E-state index contributed by atoms with van der Waals surface area (Å²) in [5, 5.41) is 18.4. The number of nitrogens with one attached hydrogen (secondary N) is 3. The Kier molecular flexibility index (Phi) is 14.3. The van der Waals surface area contributed by atoms with Gasteiger partial charge in [0.25, 0.3) is 5.91 Å². The van der Waals surface area contributed by atoms with Crippen LogP contribution < -0.4 is 25.4 Å². The molecule has 12 nitrogen and oxygen atoms in total. The lowest BCUT2D eigenvalue weighted by Gasteiger charge is -2.35. The summed E-state index contributed by atoms with van der Waals surface area (Å²) < 4.78 is 56.7. The molecule has 1 aliphatic heterocycles. The Morgan fingerprint density at radius 2 is 1.60 bits per heavy atom. The number of aliphatic hydroxyl groups excluding tert-OH is 1. The van der Waals surface area contributed by atoms with E-state index in [1.54, 1.807) is 63.5 Å². The molecular weight excluding hydrogens is 695 g/mol. The molecule has 4 atom stereocenters. The number of amides is 5. The van der Waals surface area contributed by atoms with Crippen LogP contribution in [0, 0.1) is 5.92 Å². The van der Waals surface area contributed by atoms with Crippen LogP contribution in [0.1, 0.15) is 56.0 Å². The Morgan fingerprint density at radius 1 is 0.981 bits per heavy atom. The van der Waals surface area contributed by atoms with Gasteiger partial charge >= 0.3 is 18.2 Å². The maximum atomic E-state index is 14.4. The van der Waals surface area contributed by atoms with Gasteiger partial charge in [-0.3, -0.25) is 4.79 Å². The van der Waals surface area contributed by atoms with Gasteiger partial charge in [0.2, 0.25) is 0 Å². The smallest absolute Gasteiger partial charge is 0.416 e. The molecule has 0 fully saturated rings. The van der Waals surface area contributed by atoms with Crippen molar-refractivity contribution in [2.75, 3.05) is 56.4 Å². The van der Waals surface area contributed by atoms with Gasteiger partial charge in [-0.15, -0.1) is 0 Å². The lowest BCUT2D eigenvalue weighted by atomic mass is 10.0. The van der Waals surface area contributed by atoms with Crippen LogP contribution in [-0.4, -0.2) is 91.6 Å². The summed E-state index contributed by atoms with van der Waals surface area (Å²) in [6.45, 7) is 5.77. The highest BCUT2D eigenvalue weighted by atomic mass is 19.4. The van der Waals surface area contributed by atoms with E-state index in [1.807, 2.05) is 13.8 Å². The quantitative estimate of drug-likeness (QED) is 0.190. The molecule has 0 bridgehead atoms. The molecule has 5 amide bonds. The summed E-state index contributed by atoms with van der Waals surface area (Å²) in [5.41, 5.74) is 0.436. The number of carbonyl (C=O) groups excluding carboxylic acids is 3. The van der Waals surface area contributed by atoms with Crippen LogP contribution >= 0.6 is 0 Å².